The van der Waals surface area contributed by atoms with E-state index in [1.807, 2.05) is 30.0 Å². The van der Waals surface area contributed by atoms with Gasteiger partial charge in [-0.2, -0.15) is 0 Å². The summed E-state index contributed by atoms with van der Waals surface area (Å²) in [6, 6.07) is 7.05. The number of hydrogen-bond acceptors (Lipinski definition) is 5. The SMILES string of the molecule is CCN(Cc1ccccn1)c1nccc(C(=O)O)c1N. The highest BCUT2D eigenvalue weighted by Gasteiger charge is 2.16. The van der Waals surface area contributed by atoms with Crippen LogP contribution in [0.3, 0.4) is 0 Å². The first-order valence-electron chi connectivity index (χ1n) is 6.26. The standard InChI is InChI=1S/C14H16N4O2/c1-2-18(9-10-5-3-4-7-16-10)13-12(15)11(14(19)20)6-8-17-13/h3-8H,2,9,15H2,1H3,(H,19,20). The van der Waals surface area contributed by atoms with Crippen LogP contribution in [0.2, 0.25) is 0 Å². The van der Waals surface area contributed by atoms with Gasteiger partial charge in [-0.3, -0.25) is 4.98 Å². The number of hydrogen-bond donors (Lipinski definition) is 2. The predicted molar refractivity (Wildman–Crippen MR) is 76.6 cm³/mol. The first-order valence-corrected chi connectivity index (χ1v) is 6.26. The van der Waals surface area contributed by atoms with Crippen LogP contribution < -0.4 is 10.6 Å². The summed E-state index contributed by atoms with van der Waals surface area (Å²) in [5, 5.41) is 9.10. The van der Waals surface area contributed by atoms with E-state index in [9.17, 15) is 4.79 Å². The zero-order valence-corrected chi connectivity index (χ0v) is 11.2. The van der Waals surface area contributed by atoms with Gasteiger partial charge in [0.05, 0.1) is 23.5 Å². The summed E-state index contributed by atoms with van der Waals surface area (Å²) in [7, 11) is 0. The van der Waals surface area contributed by atoms with Crippen molar-refractivity contribution in [2.45, 2.75) is 13.5 Å². The summed E-state index contributed by atoms with van der Waals surface area (Å²) in [6.07, 6.45) is 3.17. The number of nitrogen functional groups attached to an aromatic ring is 1. The van der Waals surface area contributed by atoms with Gasteiger partial charge in [0, 0.05) is 18.9 Å². The Labute approximate surface area is 116 Å². The van der Waals surface area contributed by atoms with Crippen molar-refractivity contribution < 1.29 is 9.90 Å². The van der Waals surface area contributed by atoms with Gasteiger partial charge in [-0.1, -0.05) is 6.07 Å². The van der Waals surface area contributed by atoms with Crippen molar-refractivity contribution in [1.29, 1.82) is 0 Å². The second-order valence-corrected chi connectivity index (χ2v) is 4.24. The first-order chi connectivity index (χ1) is 9.63. The lowest BCUT2D eigenvalue weighted by Crippen LogP contribution is -2.25. The fourth-order valence-corrected chi connectivity index (χ4v) is 1.92. The maximum atomic E-state index is 11.1. The maximum absolute atomic E-state index is 11.1. The molecule has 0 aliphatic heterocycles. The molecule has 2 heterocycles. The van der Waals surface area contributed by atoms with Gasteiger partial charge in [-0.05, 0) is 25.1 Å². The number of aromatic carboxylic acids is 1. The Hall–Kier alpha value is -2.63. The number of carbonyl (C=O) groups is 1. The molecule has 2 aromatic heterocycles. The van der Waals surface area contributed by atoms with Gasteiger partial charge in [0.25, 0.3) is 0 Å². The van der Waals surface area contributed by atoms with Gasteiger partial charge >= 0.3 is 5.97 Å². The van der Waals surface area contributed by atoms with E-state index >= 15 is 0 Å². The predicted octanol–water partition coefficient (Wildman–Crippen LogP) is 1.78. The molecular formula is C14H16N4O2. The molecular weight excluding hydrogens is 256 g/mol. The van der Waals surface area contributed by atoms with E-state index in [0.29, 0.717) is 18.9 Å². The number of rotatable bonds is 5. The Bertz CT molecular complexity index is 601. The molecule has 0 aromatic carbocycles. The van der Waals surface area contributed by atoms with Crippen molar-refractivity contribution in [3.05, 3.63) is 47.9 Å². The molecule has 0 aliphatic carbocycles. The molecule has 0 spiro atoms. The number of anilines is 2. The Morgan fingerprint density at radius 2 is 2.10 bits per heavy atom. The van der Waals surface area contributed by atoms with E-state index in [-0.39, 0.29) is 11.3 Å². The lowest BCUT2D eigenvalue weighted by molar-refractivity contribution is 0.0698. The molecule has 0 bridgehead atoms. The third-order valence-corrected chi connectivity index (χ3v) is 2.96. The fraction of sp³-hybridized carbons (Fsp3) is 0.214. The molecule has 2 rings (SSSR count). The van der Waals surface area contributed by atoms with Gasteiger partial charge in [0.2, 0.25) is 0 Å². The second kappa shape index (κ2) is 6.01. The molecule has 6 nitrogen and oxygen atoms in total. The summed E-state index contributed by atoms with van der Waals surface area (Å²) in [4.78, 5) is 21.4. The lowest BCUT2D eigenvalue weighted by atomic mass is 10.2. The number of carboxylic acid groups (broad SMARTS) is 1. The monoisotopic (exact) mass is 272 g/mol. The fourth-order valence-electron chi connectivity index (χ4n) is 1.92. The Kier molecular flexibility index (Phi) is 4.14. The van der Waals surface area contributed by atoms with Crippen LogP contribution in [-0.2, 0) is 6.54 Å². The molecule has 0 unspecified atom stereocenters. The highest BCUT2D eigenvalue weighted by molar-refractivity contribution is 5.96. The van der Waals surface area contributed by atoms with E-state index in [1.165, 1.54) is 12.3 Å². The molecule has 20 heavy (non-hydrogen) atoms. The quantitative estimate of drug-likeness (QED) is 0.862. The third-order valence-electron chi connectivity index (χ3n) is 2.96. The molecule has 104 valence electrons. The van der Waals surface area contributed by atoms with Crippen LogP contribution in [0.15, 0.2) is 36.7 Å². The maximum Gasteiger partial charge on any atom is 0.337 e. The first kappa shape index (κ1) is 13.8. The molecule has 0 fully saturated rings. The van der Waals surface area contributed by atoms with Crippen molar-refractivity contribution in [2.24, 2.45) is 0 Å². The van der Waals surface area contributed by atoms with Crippen molar-refractivity contribution in [3.8, 4) is 0 Å². The molecule has 6 heteroatoms. The van der Waals surface area contributed by atoms with Crippen molar-refractivity contribution in [3.63, 3.8) is 0 Å². The number of carboxylic acids is 1. The number of nitrogens with zero attached hydrogens (tertiary/aromatic N) is 3. The van der Waals surface area contributed by atoms with Crippen LogP contribution in [0.25, 0.3) is 0 Å². The zero-order chi connectivity index (χ0) is 14.5. The van der Waals surface area contributed by atoms with Crippen molar-refractivity contribution in [2.75, 3.05) is 17.2 Å². The van der Waals surface area contributed by atoms with Crippen LogP contribution in [0.5, 0.6) is 0 Å². The second-order valence-electron chi connectivity index (χ2n) is 4.24. The van der Waals surface area contributed by atoms with E-state index < -0.39 is 5.97 Å². The molecule has 0 atom stereocenters. The van der Waals surface area contributed by atoms with Crippen molar-refractivity contribution in [1.82, 2.24) is 9.97 Å². The molecule has 3 N–H and O–H groups in total. The minimum Gasteiger partial charge on any atom is -0.478 e. The Balaban J connectivity index is 2.33. The number of aromatic nitrogens is 2. The van der Waals surface area contributed by atoms with Crippen LogP contribution in [0, 0.1) is 0 Å². The number of pyridine rings is 2. The third kappa shape index (κ3) is 2.85. The average molecular weight is 272 g/mol. The molecule has 0 aliphatic rings. The van der Waals surface area contributed by atoms with Gasteiger partial charge in [-0.25, -0.2) is 9.78 Å². The summed E-state index contributed by atoms with van der Waals surface area (Å²) < 4.78 is 0. The van der Waals surface area contributed by atoms with Crippen LogP contribution >= 0.6 is 0 Å². The van der Waals surface area contributed by atoms with E-state index in [1.54, 1.807) is 6.20 Å². The Morgan fingerprint density at radius 3 is 2.70 bits per heavy atom. The summed E-state index contributed by atoms with van der Waals surface area (Å²) >= 11 is 0. The van der Waals surface area contributed by atoms with Crippen LogP contribution in [0.1, 0.15) is 23.0 Å². The molecule has 2 aromatic rings. The van der Waals surface area contributed by atoms with E-state index in [4.69, 9.17) is 10.8 Å². The summed E-state index contributed by atoms with van der Waals surface area (Å²) in [5.41, 5.74) is 7.02. The lowest BCUT2D eigenvalue weighted by Gasteiger charge is -2.23. The van der Waals surface area contributed by atoms with E-state index in [0.717, 1.165) is 5.69 Å². The highest BCUT2D eigenvalue weighted by Crippen LogP contribution is 2.25. The van der Waals surface area contributed by atoms with Gasteiger partial charge in [0.15, 0.2) is 5.82 Å². The van der Waals surface area contributed by atoms with Gasteiger partial charge in [-0.15, -0.1) is 0 Å². The highest BCUT2D eigenvalue weighted by atomic mass is 16.4. The molecule has 0 amide bonds. The normalized spacial score (nSPS) is 10.2. The Morgan fingerprint density at radius 1 is 1.30 bits per heavy atom. The summed E-state index contributed by atoms with van der Waals surface area (Å²) in [6.45, 7) is 3.13. The smallest absolute Gasteiger partial charge is 0.337 e. The van der Waals surface area contributed by atoms with Crippen molar-refractivity contribution >= 4 is 17.5 Å². The molecule has 0 saturated carbocycles. The molecule has 0 saturated heterocycles. The summed E-state index contributed by atoms with van der Waals surface area (Å²) in [5.74, 6) is -0.585. The zero-order valence-electron chi connectivity index (χ0n) is 11.2. The number of nitrogens with two attached hydrogens (primary N) is 1. The van der Waals surface area contributed by atoms with Crippen LogP contribution in [0.4, 0.5) is 11.5 Å². The van der Waals surface area contributed by atoms with Gasteiger partial charge in [0.1, 0.15) is 0 Å². The largest absolute Gasteiger partial charge is 0.478 e. The average Bonchev–Trinajstić information content (AvgIpc) is 2.46. The van der Waals surface area contributed by atoms with Gasteiger partial charge < -0.3 is 15.7 Å². The molecule has 0 radical (unpaired) electrons. The van der Waals surface area contributed by atoms with Crippen LogP contribution in [-0.4, -0.2) is 27.6 Å². The minimum atomic E-state index is -1.06. The topological polar surface area (TPSA) is 92.3 Å². The minimum absolute atomic E-state index is 0.0643. The van der Waals surface area contributed by atoms with E-state index in [2.05, 4.69) is 9.97 Å².